The Bertz CT molecular complexity index is 1280. The van der Waals surface area contributed by atoms with E-state index in [1.807, 2.05) is 0 Å². The van der Waals surface area contributed by atoms with Crippen molar-refractivity contribution < 1.29 is 59.9 Å². The molecule has 5 rings (SSSR count). The van der Waals surface area contributed by atoms with Gasteiger partial charge in [0.1, 0.15) is 74.1 Å². The molecule has 0 saturated carbocycles. The summed E-state index contributed by atoms with van der Waals surface area (Å²) in [6.45, 7) is 1.78. The highest BCUT2D eigenvalue weighted by Crippen LogP contribution is 2.37. The van der Waals surface area contributed by atoms with Crippen LogP contribution < -0.4 is 9.80 Å². The number of hydrogen-bond acceptors (Lipinski definition) is 12. The fourth-order valence-corrected chi connectivity index (χ4v) is 6.10. The second-order valence-electron chi connectivity index (χ2n) is 11.5. The third-order valence-corrected chi connectivity index (χ3v) is 8.72. The molecule has 14 heteroatoms. The van der Waals surface area contributed by atoms with Crippen molar-refractivity contribution in [2.75, 3.05) is 36.1 Å². The van der Waals surface area contributed by atoms with Gasteiger partial charge in [-0.3, -0.25) is 9.59 Å². The summed E-state index contributed by atoms with van der Waals surface area (Å²) in [6.07, 6.45) is -13.2. The second-order valence-corrected chi connectivity index (χ2v) is 11.5. The van der Waals surface area contributed by atoms with Crippen LogP contribution in [0.25, 0.3) is 0 Å². The molecule has 3 fully saturated rings. The lowest BCUT2D eigenvalue weighted by Crippen LogP contribution is -2.55. The molecule has 3 aliphatic rings. The monoisotopic (exact) mass is 618 g/mol. The zero-order chi connectivity index (χ0) is 32.0. The molecule has 8 N–H and O–H groups in total. The first-order chi connectivity index (χ1) is 20.9. The van der Waals surface area contributed by atoms with Gasteiger partial charge in [0.05, 0.1) is 13.2 Å². The van der Waals surface area contributed by atoms with Crippen molar-refractivity contribution in [1.82, 2.24) is 0 Å². The molecule has 2 aromatic carbocycles. The predicted octanol–water partition coefficient (Wildman–Crippen LogP) is -2.29. The molecule has 3 heterocycles. The summed E-state index contributed by atoms with van der Waals surface area (Å²) < 4.78 is 11.3. The first-order valence-electron chi connectivity index (χ1n) is 14.3. The minimum Gasteiger partial charge on any atom is -0.394 e. The van der Waals surface area contributed by atoms with Crippen molar-refractivity contribution in [1.29, 1.82) is 0 Å². The first kappa shape index (κ1) is 32.4. The number of amides is 2. The van der Waals surface area contributed by atoms with Gasteiger partial charge in [-0.15, -0.1) is 0 Å². The Labute approximate surface area is 252 Å². The number of carbonyl (C=O) groups excluding carboxylic acids is 2. The van der Waals surface area contributed by atoms with Crippen LogP contribution in [0.2, 0.25) is 0 Å². The number of carbonyl (C=O) groups is 2. The first-order valence-corrected chi connectivity index (χ1v) is 14.3. The average molecular weight is 619 g/mol. The minimum atomic E-state index is -1.54. The molecule has 2 aromatic rings. The lowest BCUT2D eigenvalue weighted by atomic mass is 9.89. The number of aliphatic hydroxyl groups excluding tert-OH is 8. The summed E-state index contributed by atoms with van der Waals surface area (Å²) in [7, 11) is 0. The Morgan fingerprint density at radius 1 is 0.614 bits per heavy atom. The van der Waals surface area contributed by atoms with Crippen molar-refractivity contribution in [3.05, 3.63) is 58.7 Å². The molecule has 44 heavy (non-hydrogen) atoms. The second kappa shape index (κ2) is 12.8. The van der Waals surface area contributed by atoms with Crippen LogP contribution in [-0.2, 0) is 19.1 Å². The molecule has 240 valence electrons. The van der Waals surface area contributed by atoms with Crippen molar-refractivity contribution >= 4 is 23.2 Å². The van der Waals surface area contributed by atoms with Gasteiger partial charge in [-0.2, -0.15) is 0 Å². The predicted molar refractivity (Wildman–Crippen MR) is 153 cm³/mol. The number of hydrogen-bond donors (Lipinski definition) is 8. The number of anilines is 2. The number of benzene rings is 2. The van der Waals surface area contributed by atoms with Gasteiger partial charge < -0.3 is 60.1 Å². The SMILES string of the molecule is Cc1cc(N2CC(=O)N(c3ccc(C4OC(CO)C(O)C(O)C4O)c(C)c3)CC2=O)ccc1C1OC(CO)C(O)C(O)C1O. The number of nitrogens with zero attached hydrogens (tertiary/aromatic N) is 2. The molecule has 3 saturated heterocycles. The van der Waals surface area contributed by atoms with Crippen LogP contribution in [-0.4, -0.2) is 128 Å². The molecule has 0 spiro atoms. The average Bonchev–Trinajstić information content (AvgIpc) is 3.00. The molecule has 0 radical (unpaired) electrons. The summed E-state index contributed by atoms with van der Waals surface area (Å²) in [5.41, 5.74) is 3.02. The van der Waals surface area contributed by atoms with Gasteiger partial charge in [0.2, 0.25) is 11.8 Å². The van der Waals surface area contributed by atoms with E-state index in [2.05, 4.69) is 0 Å². The molecular formula is C30H38N2O12. The molecule has 0 aromatic heterocycles. The molecule has 0 aliphatic carbocycles. The highest BCUT2D eigenvalue weighted by molar-refractivity contribution is 6.12. The van der Waals surface area contributed by atoms with Crippen molar-refractivity contribution in [3.8, 4) is 0 Å². The van der Waals surface area contributed by atoms with E-state index in [-0.39, 0.29) is 24.9 Å². The molecule has 14 nitrogen and oxygen atoms in total. The number of rotatable bonds is 6. The van der Waals surface area contributed by atoms with E-state index in [9.17, 15) is 50.4 Å². The summed E-state index contributed by atoms with van der Waals surface area (Å²) in [4.78, 5) is 29.2. The summed E-state index contributed by atoms with van der Waals surface area (Å²) in [5.74, 6) is -0.722. The Morgan fingerprint density at radius 2 is 0.977 bits per heavy atom. The van der Waals surface area contributed by atoms with Crippen LogP contribution in [0.4, 0.5) is 11.4 Å². The Hall–Kier alpha value is -3.02. The Morgan fingerprint density at radius 3 is 1.30 bits per heavy atom. The van der Waals surface area contributed by atoms with Crippen LogP contribution in [0.3, 0.4) is 0 Å². The van der Waals surface area contributed by atoms with Gasteiger partial charge in [0.25, 0.3) is 0 Å². The van der Waals surface area contributed by atoms with E-state index in [1.165, 1.54) is 9.80 Å². The highest BCUT2D eigenvalue weighted by Gasteiger charge is 2.46. The van der Waals surface area contributed by atoms with Crippen molar-refractivity contribution in [2.45, 2.75) is 74.9 Å². The van der Waals surface area contributed by atoms with Crippen molar-refractivity contribution in [3.63, 3.8) is 0 Å². The zero-order valence-electron chi connectivity index (χ0n) is 24.2. The maximum absolute atomic E-state index is 13.3. The minimum absolute atomic E-state index is 0.259. The molecule has 2 amide bonds. The lowest BCUT2D eigenvalue weighted by molar-refractivity contribution is -0.231. The van der Waals surface area contributed by atoms with Crippen LogP contribution in [0, 0.1) is 13.8 Å². The smallest absolute Gasteiger partial charge is 0.247 e. The number of ether oxygens (including phenoxy) is 2. The van der Waals surface area contributed by atoms with Gasteiger partial charge in [-0.05, 0) is 60.4 Å². The van der Waals surface area contributed by atoms with Crippen molar-refractivity contribution in [2.24, 2.45) is 0 Å². The van der Waals surface area contributed by atoms with E-state index in [0.717, 1.165) is 0 Å². The van der Waals surface area contributed by atoms with Crippen LogP contribution in [0.5, 0.6) is 0 Å². The lowest BCUT2D eigenvalue weighted by Gasteiger charge is -2.41. The quantitative estimate of drug-likeness (QED) is 0.172. The molecule has 3 aliphatic heterocycles. The molecule has 10 unspecified atom stereocenters. The summed E-state index contributed by atoms with van der Waals surface area (Å²) in [6, 6.07) is 9.67. The molecule has 10 atom stereocenters. The van der Waals surface area contributed by atoms with Gasteiger partial charge in [-0.25, -0.2) is 0 Å². The molecule has 0 bridgehead atoms. The molecular weight excluding hydrogens is 580 g/mol. The van der Waals surface area contributed by atoms with E-state index in [1.54, 1.807) is 50.2 Å². The largest absolute Gasteiger partial charge is 0.394 e. The van der Waals surface area contributed by atoms with Gasteiger partial charge >= 0.3 is 0 Å². The van der Waals surface area contributed by atoms with E-state index < -0.39 is 74.3 Å². The van der Waals surface area contributed by atoms with E-state index in [0.29, 0.717) is 33.6 Å². The standard InChI is InChI=1S/C30H38N2O12/c1-13-7-15(3-5-17(13)29-27(41)25(39)23(37)19(11-33)43-29)31-9-22(36)32(10-21(31)35)16-4-6-18(14(2)8-16)30-28(42)26(40)24(38)20(12-34)44-30/h3-8,19-20,23-30,33-34,37-42H,9-12H2,1-2H3. The fraction of sp³-hybridized carbons (Fsp3) is 0.533. The van der Waals surface area contributed by atoms with Gasteiger partial charge in [-0.1, -0.05) is 12.1 Å². The topological polar surface area (TPSA) is 221 Å². The highest BCUT2D eigenvalue weighted by atomic mass is 16.6. The van der Waals surface area contributed by atoms with Gasteiger partial charge in [0, 0.05) is 11.4 Å². The summed E-state index contributed by atoms with van der Waals surface area (Å²) in [5, 5.41) is 80.6. The normalized spacial score (nSPS) is 34.9. The van der Waals surface area contributed by atoms with Gasteiger partial charge in [0.15, 0.2) is 0 Å². The van der Waals surface area contributed by atoms with Crippen LogP contribution in [0.1, 0.15) is 34.5 Å². The Balaban J connectivity index is 1.31. The maximum Gasteiger partial charge on any atom is 0.247 e. The Kier molecular flexibility index (Phi) is 9.39. The van der Waals surface area contributed by atoms with Crippen LogP contribution in [0.15, 0.2) is 36.4 Å². The third-order valence-electron chi connectivity index (χ3n) is 8.72. The van der Waals surface area contributed by atoms with Crippen LogP contribution >= 0.6 is 0 Å². The number of aliphatic hydroxyl groups is 8. The third kappa shape index (κ3) is 5.74. The van der Waals surface area contributed by atoms with E-state index in [4.69, 9.17) is 9.47 Å². The van der Waals surface area contributed by atoms with E-state index >= 15 is 0 Å². The maximum atomic E-state index is 13.3. The summed E-state index contributed by atoms with van der Waals surface area (Å²) >= 11 is 0. The number of aryl methyl sites for hydroxylation is 2. The fourth-order valence-electron chi connectivity index (χ4n) is 6.10. The zero-order valence-corrected chi connectivity index (χ0v) is 24.2. The number of piperazine rings is 1.